The van der Waals surface area contributed by atoms with Crippen LogP contribution in [0.25, 0.3) is 6.08 Å². The topological polar surface area (TPSA) is 90.0 Å². The second-order valence-corrected chi connectivity index (χ2v) is 7.32. The minimum Gasteiger partial charge on any atom is -0.548 e. The van der Waals surface area contributed by atoms with E-state index in [0.717, 1.165) is 22.1 Å². The summed E-state index contributed by atoms with van der Waals surface area (Å²) in [6, 6.07) is 6.39. The molecular formula is C16H14N3O3S2-. The van der Waals surface area contributed by atoms with Crippen molar-refractivity contribution < 1.29 is 15.0 Å². The average molecular weight is 360 g/mol. The molecule has 1 aliphatic heterocycles. The molecule has 8 heteroatoms. The van der Waals surface area contributed by atoms with Crippen LogP contribution in [0.15, 0.2) is 40.1 Å². The Labute approximate surface area is 146 Å². The Kier molecular flexibility index (Phi) is 4.33. The van der Waals surface area contributed by atoms with Crippen molar-refractivity contribution in [1.29, 1.82) is 0 Å². The van der Waals surface area contributed by atoms with Gasteiger partial charge in [0.05, 0.1) is 27.6 Å². The minimum absolute atomic E-state index is 0.207. The third kappa shape index (κ3) is 2.90. The number of hydrogen-bond donors (Lipinski definition) is 1. The van der Waals surface area contributed by atoms with Gasteiger partial charge in [0.1, 0.15) is 0 Å². The lowest BCUT2D eigenvalue weighted by Crippen LogP contribution is -2.36. The molecule has 3 rings (SSSR count). The highest BCUT2D eigenvalue weighted by Gasteiger charge is 2.23. The molecule has 0 amide bonds. The number of fused-ring (bicyclic) bond motifs is 1. The van der Waals surface area contributed by atoms with Gasteiger partial charge in [-0.05, 0) is 30.3 Å². The standard InChI is InChI=1S/C16H15N3O3S2/c1-8(2)13(15(21)22)19-14(20)11(24-16(19)23)7-12-17-9-5-3-4-6-10(9)18-12/h3-8,13,20H,1-2H3,(H,21,22)/p-1/t13-/m1/s1. The van der Waals surface area contributed by atoms with E-state index in [0.29, 0.717) is 10.7 Å². The normalized spacial score (nSPS) is 14.0. The quantitative estimate of drug-likeness (QED) is 0.829. The number of aromatic nitrogens is 1. The van der Waals surface area contributed by atoms with Crippen LogP contribution in [0.4, 0.5) is 0 Å². The Hall–Kier alpha value is -2.32. The van der Waals surface area contributed by atoms with E-state index in [-0.39, 0.29) is 15.8 Å². The third-order valence-electron chi connectivity index (χ3n) is 3.61. The molecule has 0 saturated heterocycles. The second-order valence-electron chi connectivity index (χ2n) is 5.65. The van der Waals surface area contributed by atoms with E-state index < -0.39 is 12.0 Å². The number of carbonyl (C=O) groups is 1. The maximum absolute atomic E-state index is 11.4. The molecule has 24 heavy (non-hydrogen) atoms. The van der Waals surface area contributed by atoms with Crippen LogP contribution in [0.3, 0.4) is 0 Å². The molecule has 0 saturated carbocycles. The van der Waals surface area contributed by atoms with Gasteiger partial charge in [0.25, 0.3) is 0 Å². The zero-order valence-corrected chi connectivity index (χ0v) is 14.6. The summed E-state index contributed by atoms with van der Waals surface area (Å²) in [6.45, 7) is 3.46. The van der Waals surface area contributed by atoms with E-state index in [9.17, 15) is 15.0 Å². The van der Waals surface area contributed by atoms with Crippen molar-refractivity contribution in [3.63, 3.8) is 0 Å². The summed E-state index contributed by atoms with van der Waals surface area (Å²) < 4.78 is 1.48. The van der Waals surface area contributed by atoms with Crippen molar-refractivity contribution in [2.45, 2.75) is 19.9 Å². The summed E-state index contributed by atoms with van der Waals surface area (Å²) >= 11 is 6.34. The average Bonchev–Trinajstić information content (AvgIpc) is 3.02. The SMILES string of the molecule is CC(C)[C@H](C(=O)[O-])n1c(O)c(C=C2N=c3ccccc3=N2)sc1=S. The number of para-hydroxylation sites is 2. The summed E-state index contributed by atoms with van der Waals surface area (Å²) in [6.07, 6.45) is 1.60. The number of carbonyl (C=O) groups excluding carboxylic acids is 1. The van der Waals surface area contributed by atoms with E-state index in [1.54, 1.807) is 19.9 Å². The first-order valence-corrected chi connectivity index (χ1v) is 8.50. The van der Waals surface area contributed by atoms with Crippen LogP contribution in [0.2, 0.25) is 0 Å². The fourth-order valence-corrected chi connectivity index (χ4v) is 3.83. The van der Waals surface area contributed by atoms with Gasteiger partial charge in [0.15, 0.2) is 9.78 Å². The number of carboxylic acids is 1. The summed E-state index contributed by atoms with van der Waals surface area (Å²) in [4.78, 5) is 20.6. The van der Waals surface area contributed by atoms with Crippen LogP contribution >= 0.6 is 23.6 Å². The molecule has 0 radical (unpaired) electrons. The molecule has 1 aliphatic rings. The van der Waals surface area contributed by atoms with Gasteiger partial charge in [-0.3, -0.25) is 4.57 Å². The van der Waals surface area contributed by atoms with Crippen molar-refractivity contribution in [1.82, 2.24) is 4.57 Å². The number of benzene rings is 1. The number of carboxylic acid groups (broad SMARTS) is 1. The highest BCUT2D eigenvalue weighted by molar-refractivity contribution is 7.73. The Morgan fingerprint density at radius 3 is 2.42 bits per heavy atom. The van der Waals surface area contributed by atoms with Crippen molar-refractivity contribution in [2.24, 2.45) is 15.9 Å². The molecule has 0 aliphatic carbocycles. The molecule has 6 nitrogen and oxygen atoms in total. The van der Waals surface area contributed by atoms with Gasteiger partial charge in [0, 0.05) is 6.08 Å². The predicted molar refractivity (Wildman–Crippen MR) is 90.4 cm³/mol. The van der Waals surface area contributed by atoms with Gasteiger partial charge in [-0.15, -0.1) is 11.3 Å². The highest BCUT2D eigenvalue weighted by atomic mass is 32.1. The molecular weight excluding hydrogens is 346 g/mol. The second kappa shape index (κ2) is 6.29. The van der Waals surface area contributed by atoms with Crippen LogP contribution < -0.4 is 15.8 Å². The van der Waals surface area contributed by atoms with Crippen LogP contribution in [0.5, 0.6) is 5.88 Å². The number of hydrogen-bond acceptors (Lipinski definition) is 7. The van der Waals surface area contributed by atoms with E-state index in [4.69, 9.17) is 12.2 Å². The molecule has 1 N–H and O–H groups in total. The van der Waals surface area contributed by atoms with Gasteiger partial charge in [-0.2, -0.15) is 0 Å². The largest absolute Gasteiger partial charge is 0.548 e. The molecule has 2 aromatic rings. The zero-order valence-electron chi connectivity index (χ0n) is 13.0. The fraction of sp³-hybridized carbons (Fsp3) is 0.250. The fourth-order valence-electron chi connectivity index (χ4n) is 2.52. The first-order valence-electron chi connectivity index (χ1n) is 7.28. The van der Waals surface area contributed by atoms with E-state index in [1.807, 2.05) is 24.3 Å². The van der Waals surface area contributed by atoms with Crippen molar-refractivity contribution in [2.75, 3.05) is 0 Å². The van der Waals surface area contributed by atoms with Gasteiger partial charge in [0.2, 0.25) is 5.88 Å². The van der Waals surface area contributed by atoms with Crippen LogP contribution in [-0.4, -0.2) is 15.6 Å². The number of thiazole rings is 1. The first-order chi connectivity index (χ1) is 11.4. The summed E-state index contributed by atoms with van der Waals surface area (Å²) in [5.74, 6) is -1.34. The first kappa shape index (κ1) is 16.5. The number of aromatic hydroxyl groups is 1. The summed E-state index contributed by atoms with van der Waals surface area (Å²) in [7, 11) is 0. The molecule has 0 spiro atoms. The molecule has 0 bridgehead atoms. The van der Waals surface area contributed by atoms with Crippen LogP contribution in [-0.2, 0) is 4.79 Å². The number of nitrogens with zero attached hydrogens (tertiary/aromatic N) is 3. The van der Waals surface area contributed by atoms with Crippen molar-refractivity contribution in [3.8, 4) is 5.88 Å². The third-order valence-corrected chi connectivity index (χ3v) is 4.94. The lowest BCUT2D eigenvalue weighted by atomic mass is 10.0. The van der Waals surface area contributed by atoms with Gasteiger partial charge < -0.3 is 15.0 Å². The number of aliphatic carboxylic acids is 1. The lowest BCUT2D eigenvalue weighted by Gasteiger charge is -2.24. The van der Waals surface area contributed by atoms with Crippen molar-refractivity contribution in [3.05, 3.63) is 49.6 Å². The van der Waals surface area contributed by atoms with Crippen LogP contribution in [0.1, 0.15) is 24.8 Å². The molecule has 1 aromatic carbocycles. The van der Waals surface area contributed by atoms with E-state index >= 15 is 0 Å². The Bertz CT molecular complexity index is 981. The summed E-state index contributed by atoms with van der Waals surface area (Å²) in [5, 5.41) is 23.4. The minimum atomic E-state index is -1.28. The lowest BCUT2D eigenvalue weighted by molar-refractivity contribution is -0.311. The monoisotopic (exact) mass is 360 g/mol. The Balaban J connectivity index is 2.08. The highest BCUT2D eigenvalue weighted by Crippen LogP contribution is 2.34. The predicted octanol–water partition coefficient (Wildman–Crippen LogP) is 1.18. The number of rotatable bonds is 4. The van der Waals surface area contributed by atoms with Crippen LogP contribution in [0, 0.1) is 9.87 Å². The van der Waals surface area contributed by atoms with E-state index in [2.05, 4.69) is 9.98 Å². The molecule has 2 heterocycles. The maximum atomic E-state index is 11.4. The van der Waals surface area contributed by atoms with Gasteiger partial charge in [-0.25, -0.2) is 9.98 Å². The Morgan fingerprint density at radius 2 is 1.92 bits per heavy atom. The van der Waals surface area contributed by atoms with Gasteiger partial charge in [-0.1, -0.05) is 26.0 Å². The zero-order chi connectivity index (χ0) is 17.4. The van der Waals surface area contributed by atoms with Crippen molar-refractivity contribution >= 4 is 35.6 Å². The Morgan fingerprint density at radius 1 is 1.33 bits per heavy atom. The van der Waals surface area contributed by atoms with E-state index in [1.165, 1.54) is 4.57 Å². The molecule has 0 unspecified atom stereocenters. The maximum Gasteiger partial charge on any atom is 0.211 e. The molecule has 124 valence electrons. The smallest absolute Gasteiger partial charge is 0.211 e. The molecule has 1 atom stereocenters. The molecule has 0 fully saturated rings. The van der Waals surface area contributed by atoms with Gasteiger partial charge >= 0.3 is 0 Å². The summed E-state index contributed by atoms with van der Waals surface area (Å²) in [5.41, 5.74) is 0. The molecule has 1 aromatic heterocycles.